The molecule has 0 spiro atoms. The number of nitrogens with zero attached hydrogens (tertiary/aromatic N) is 1. The molecule has 0 bridgehead atoms. The number of hydrogen-bond donors (Lipinski definition) is 2. The van der Waals surface area contributed by atoms with Gasteiger partial charge in [-0.3, -0.25) is 9.59 Å². The molecule has 108 valence electrons. The van der Waals surface area contributed by atoms with Crippen LogP contribution in [0.25, 0.3) is 0 Å². The van der Waals surface area contributed by atoms with Crippen molar-refractivity contribution >= 4 is 11.8 Å². The van der Waals surface area contributed by atoms with Crippen molar-refractivity contribution in [2.24, 2.45) is 0 Å². The fraction of sp³-hybridized carbons (Fsp3) is 0.429. The Morgan fingerprint density at radius 2 is 2.00 bits per heavy atom. The summed E-state index contributed by atoms with van der Waals surface area (Å²) in [5.41, 5.74) is -0.175. The molecule has 1 fully saturated rings. The highest BCUT2D eigenvalue weighted by Gasteiger charge is 2.25. The third-order valence-electron chi connectivity index (χ3n) is 3.34. The van der Waals surface area contributed by atoms with Gasteiger partial charge in [0, 0.05) is 13.1 Å². The predicted octanol–water partition coefficient (Wildman–Crippen LogP) is 1.27. The summed E-state index contributed by atoms with van der Waals surface area (Å²) in [6, 6.07) is 2.41. The molecule has 1 aromatic rings. The van der Waals surface area contributed by atoms with Crippen LogP contribution in [0.4, 0.5) is 4.39 Å². The lowest BCUT2D eigenvalue weighted by atomic mass is 10.1. The topological polar surface area (TPSA) is 69.6 Å². The van der Waals surface area contributed by atoms with Crippen LogP contribution >= 0.6 is 0 Å². The molecule has 2 rings (SSSR count). The molecule has 0 aromatic heterocycles. The highest BCUT2D eigenvalue weighted by atomic mass is 19.1. The van der Waals surface area contributed by atoms with E-state index in [4.69, 9.17) is 0 Å². The van der Waals surface area contributed by atoms with Gasteiger partial charge in [-0.05, 0) is 38.0 Å². The largest absolute Gasteiger partial charge is 0.507 e. The first kappa shape index (κ1) is 14.3. The van der Waals surface area contributed by atoms with Gasteiger partial charge < -0.3 is 15.3 Å². The summed E-state index contributed by atoms with van der Waals surface area (Å²) >= 11 is 0. The van der Waals surface area contributed by atoms with E-state index in [2.05, 4.69) is 5.32 Å². The number of nitrogens with one attached hydrogen (secondary N) is 1. The molecule has 1 aliphatic rings. The smallest absolute Gasteiger partial charge is 0.255 e. The van der Waals surface area contributed by atoms with E-state index in [1.807, 2.05) is 0 Å². The van der Waals surface area contributed by atoms with Crippen LogP contribution in [0.2, 0.25) is 0 Å². The van der Waals surface area contributed by atoms with Crippen molar-refractivity contribution in [1.82, 2.24) is 10.2 Å². The Kier molecular flexibility index (Phi) is 4.22. The molecule has 1 unspecified atom stereocenters. The van der Waals surface area contributed by atoms with Crippen LogP contribution in [0.15, 0.2) is 18.2 Å². The van der Waals surface area contributed by atoms with E-state index >= 15 is 0 Å². The van der Waals surface area contributed by atoms with Crippen LogP contribution in [0.5, 0.6) is 5.75 Å². The quantitative estimate of drug-likeness (QED) is 0.876. The van der Waals surface area contributed by atoms with Crippen LogP contribution in [-0.2, 0) is 4.79 Å². The van der Waals surface area contributed by atoms with Gasteiger partial charge in [0.25, 0.3) is 5.91 Å². The van der Waals surface area contributed by atoms with Gasteiger partial charge in [0.15, 0.2) is 0 Å². The molecule has 1 atom stereocenters. The number of hydrogen-bond acceptors (Lipinski definition) is 3. The van der Waals surface area contributed by atoms with Gasteiger partial charge in [-0.1, -0.05) is 0 Å². The molecule has 1 heterocycles. The van der Waals surface area contributed by atoms with Gasteiger partial charge in [0.2, 0.25) is 5.91 Å². The Labute approximate surface area is 116 Å². The van der Waals surface area contributed by atoms with Gasteiger partial charge in [0.1, 0.15) is 17.6 Å². The summed E-state index contributed by atoms with van der Waals surface area (Å²) in [7, 11) is 0. The number of rotatable bonds is 3. The number of carbonyl (C=O) groups is 2. The second-order valence-corrected chi connectivity index (χ2v) is 4.89. The molecule has 2 N–H and O–H groups in total. The number of benzene rings is 1. The second kappa shape index (κ2) is 5.90. The summed E-state index contributed by atoms with van der Waals surface area (Å²) in [6.45, 7) is 2.98. The highest BCUT2D eigenvalue weighted by molar-refractivity contribution is 5.99. The molecule has 2 amide bonds. The van der Waals surface area contributed by atoms with Crippen molar-refractivity contribution in [3.8, 4) is 5.75 Å². The average molecular weight is 280 g/mol. The van der Waals surface area contributed by atoms with Crippen LogP contribution in [0, 0.1) is 5.82 Å². The third-order valence-corrected chi connectivity index (χ3v) is 3.34. The van der Waals surface area contributed by atoms with Crippen molar-refractivity contribution in [2.45, 2.75) is 25.8 Å². The van der Waals surface area contributed by atoms with Crippen molar-refractivity contribution in [3.63, 3.8) is 0 Å². The molecule has 20 heavy (non-hydrogen) atoms. The first-order valence-electron chi connectivity index (χ1n) is 6.57. The number of carbonyl (C=O) groups excluding carboxylic acids is 2. The number of phenolic OH excluding ortho intramolecular Hbond substituents is 1. The molecule has 1 aromatic carbocycles. The van der Waals surface area contributed by atoms with Crippen LogP contribution in [-0.4, -0.2) is 41.0 Å². The zero-order chi connectivity index (χ0) is 14.7. The normalized spacial score (nSPS) is 16.0. The van der Waals surface area contributed by atoms with Gasteiger partial charge in [-0.25, -0.2) is 4.39 Å². The maximum Gasteiger partial charge on any atom is 0.255 e. The summed E-state index contributed by atoms with van der Waals surface area (Å²) in [5, 5.41) is 12.0. The van der Waals surface area contributed by atoms with E-state index < -0.39 is 17.8 Å². The Morgan fingerprint density at radius 1 is 1.35 bits per heavy atom. The minimum absolute atomic E-state index is 0.160. The zero-order valence-electron chi connectivity index (χ0n) is 11.2. The SMILES string of the molecule is CC(NC(=O)c1cc(F)ccc1O)C(=O)N1CCCC1. The van der Waals surface area contributed by atoms with Gasteiger partial charge >= 0.3 is 0 Å². The molecule has 1 aliphatic heterocycles. The Morgan fingerprint density at radius 3 is 2.65 bits per heavy atom. The van der Waals surface area contributed by atoms with Crippen molar-refractivity contribution in [3.05, 3.63) is 29.6 Å². The fourth-order valence-electron chi connectivity index (χ4n) is 2.24. The van der Waals surface area contributed by atoms with Crippen LogP contribution in [0.1, 0.15) is 30.1 Å². The van der Waals surface area contributed by atoms with E-state index in [0.717, 1.165) is 31.0 Å². The number of halogens is 1. The van der Waals surface area contributed by atoms with E-state index in [1.165, 1.54) is 0 Å². The van der Waals surface area contributed by atoms with Gasteiger partial charge in [-0.15, -0.1) is 0 Å². The lowest BCUT2D eigenvalue weighted by Gasteiger charge is -2.21. The monoisotopic (exact) mass is 280 g/mol. The van der Waals surface area contributed by atoms with E-state index in [9.17, 15) is 19.1 Å². The highest BCUT2D eigenvalue weighted by Crippen LogP contribution is 2.18. The van der Waals surface area contributed by atoms with Crippen LogP contribution < -0.4 is 5.32 Å². The molecular formula is C14H17FN2O3. The lowest BCUT2D eigenvalue weighted by Crippen LogP contribution is -2.45. The lowest BCUT2D eigenvalue weighted by molar-refractivity contribution is -0.131. The molecule has 0 radical (unpaired) electrons. The average Bonchev–Trinajstić information content (AvgIpc) is 2.94. The summed E-state index contributed by atoms with van der Waals surface area (Å²) in [6.07, 6.45) is 1.94. The standard InChI is InChI=1S/C14H17FN2O3/c1-9(14(20)17-6-2-3-7-17)16-13(19)11-8-10(15)4-5-12(11)18/h4-5,8-9,18H,2-3,6-7H2,1H3,(H,16,19). The molecule has 6 heteroatoms. The molecule has 5 nitrogen and oxygen atoms in total. The maximum absolute atomic E-state index is 13.1. The Bertz CT molecular complexity index is 527. The number of phenols is 1. The summed E-state index contributed by atoms with van der Waals surface area (Å²) < 4.78 is 13.1. The Hall–Kier alpha value is -2.11. The van der Waals surface area contributed by atoms with Crippen LogP contribution in [0.3, 0.4) is 0 Å². The van der Waals surface area contributed by atoms with E-state index in [-0.39, 0.29) is 17.2 Å². The first-order valence-corrected chi connectivity index (χ1v) is 6.57. The predicted molar refractivity (Wildman–Crippen MR) is 70.8 cm³/mol. The van der Waals surface area contributed by atoms with Crippen molar-refractivity contribution in [2.75, 3.05) is 13.1 Å². The number of amides is 2. The Balaban J connectivity index is 2.03. The summed E-state index contributed by atoms with van der Waals surface area (Å²) in [4.78, 5) is 25.7. The summed E-state index contributed by atoms with van der Waals surface area (Å²) in [5.74, 6) is -1.76. The van der Waals surface area contributed by atoms with Crippen molar-refractivity contribution in [1.29, 1.82) is 0 Å². The minimum Gasteiger partial charge on any atom is -0.507 e. The molecule has 1 saturated heterocycles. The zero-order valence-corrected chi connectivity index (χ0v) is 11.2. The molecule has 0 aliphatic carbocycles. The number of likely N-dealkylation sites (tertiary alicyclic amines) is 1. The van der Waals surface area contributed by atoms with E-state index in [1.54, 1.807) is 11.8 Å². The van der Waals surface area contributed by atoms with E-state index in [0.29, 0.717) is 13.1 Å². The molecular weight excluding hydrogens is 263 g/mol. The minimum atomic E-state index is -0.705. The second-order valence-electron chi connectivity index (χ2n) is 4.89. The van der Waals surface area contributed by atoms with Gasteiger partial charge in [0.05, 0.1) is 5.56 Å². The maximum atomic E-state index is 13.1. The fourth-order valence-corrected chi connectivity index (χ4v) is 2.24. The van der Waals surface area contributed by atoms with Gasteiger partial charge in [-0.2, -0.15) is 0 Å². The molecule has 0 saturated carbocycles. The number of aromatic hydroxyl groups is 1. The first-order chi connectivity index (χ1) is 9.49. The third kappa shape index (κ3) is 3.07. The van der Waals surface area contributed by atoms with Crippen molar-refractivity contribution < 1.29 is 19.1 Å².